The molecule has 1 unspecified atom stereocenters. The molecule has 3 nitrogen and oxygen atoms in total. The van der Waals surface area contributed by atoms with Gasteiger partial charge in [-0.15, -0.1) is 12.4 Å². The number of hydrogen-bond acceptors (Lipinski definition) is 2. The molecule has 1 saturated heterocycles. The summed E-state index contributed by atoms with van der Waals surface area (Å²) in [5.74, 6) is 0.391. The van der Waals surface area contributed by atoms with Crippen LogP contribution in [0.3, 0.4) is 0 Å². The molecule has 25 heavy (non-hydrogen) atoms. The van der Waals surface area contributed by atoms with Crippen LogP contribution in [0, 0.1) is 0 Å². The average molecular weight is 359 g/mol. The molecule has 2 N–H and O–H groups in total. The third-order valence-corrected chi connectivity index (χ3v) is 4.73. The van der Waals surface area contributed by atoms with Gasteiger partial charge in [0.25, 0.3) is 0 Å². The van der Waals surface area contributed by atoms with Crippen molar-refractivity contribution in [3.63, 3.8) is 0 Å². The third-order valence-electron chi connectivity index (χ3n) is 4.73. The fourth-order valence-electron chi connectivity index (χ4n) is 3.41. The first kappa shape index (κ1) is 19.5. The summed E-state index contributed by atoms with van der Waals surface area (Å²) in [5, 5.41) is 6.56. The summed E-state index contributed by atoms with van der Waals surface area (Å²) in [5.41, 5.74) is 2.52. The first-order valence-corrected chi connectivity index (χ1v) is 8.90. The van der Waals surface area contributed by atoms with E-state index in [0.717, 1.165) is 32.4 Å². The fourth-order valence-corrected chi connectivity index (χ4v) is 3.41. The molecule has 2 aromatic carbocycles. The lowest BCUT2D eigenvalue weighted by Gasteiger charge is -2.25. The van der Waals surface area contributed by atoms with Gasteiger partial charge in [-0.05, 0) is 49.4 Å². The maximum atomic E-state index is 12.6. The zero-order valence-corrected chi connectivity index (χ0v) is 15.3. The minimum atomic E-state index is 0. The van der Waals surface area contributed by atoms with Crippen LogP contribution in [-0.4, -0.2) is 25.0 Å². The van der Waals surface area contributed by atoms with Gasteiger partial charge in [0, 0.05) is 12.5 Å². The van der Waals surface area contributed by atoms with E-state index in [0.29, 0.717) is 12.5 Å². The molecule has 1 heterocycles. The van der Waals surface area contributed by atoms with Gasteiger partial charge < -0.3 is 10.6 Å². The van der Waals surface area contributed by atoms with Crippen molar-refractivity contribution in [3.05, 3.63) is 71.8 Å². The number of nitrogens with one attached hydrogen (secondary N) is 2. The highest BCUT2D eigenvalue weighted by atomic mass is 35.5. The van der Waals surface area contributed by atoms with Gasteiger partial charge in [-0.25, -0.2) is 0 Å². The van der Waals surface area contributed by atoms with Crippen LogP contribution in [0.5, 0.6) is 0 Å². The summed E-state index contributed by atoms with van der Waals surface area (Å²) in [6, 6.07) is 21.2. The molecule has 1 amide bonds. The summed E-state index contributed by atoms with van der Waals surface area (Å²) in [7, 11) is 0. The molecular formula is C21H27ClN2O. The molecule has 1 aliphatic rings. The van der Waals surface area contributed by atoms with Crippen LogP contribution in [0.15, 0.2) is 60.7 Å². The topological polar surface area (TPSA) is 41.1 Å². The normalized spacial score (nSPS) is 15.8. The molecule has 4 heteroatoms. The standard InChI is InChI=1S/C21H26N2O.ClH/c24-21(23-20-11-13-22-14-12-20)16-19(18-9-5-2-6-10-18)15-17-7-3-1-4-8-17;/h1-10,19-20,22H,11-16H2,(H,23,24);1H. The fraction of sp³-hybridized carbons (Fsp3) is 0.381. The highest BCUT2D eigenvalue weighted by Gasteiger charge is 2.20. The van der Waals surface area contributed by atoms with E-state index in [1.165, 1.54) is 11.1 Å². The first-order valence-electron chi connectivity index (χ1n) is 8.90. The summed E-state index contributed by atoms with van der Waals surface area (Å²) in [6.45, 7) is 1.99. The van der Waals surface area contributed by atoms with Gasteiger partial charge in [0.15, 0.2) is 0 Å². The number of hydrogen-bond donors (Lipinski definition) is 2. The Morgan fingerprint density at radius 1 is 1.00 bits per heavy atom. The molecule has 0 spiro atoms. The Bertz CT molecular complexity index is 627. The van der Waals surface area contributed by atoms with Crippen molar-refractivity contribution in [2.75, 3.05) is 13.1 Å². The quantitative estimate of drug-likeness (QED) is 0.826. The predicted molar refractivity (Wildman–Crippen MR) is 105 cm³/mol. The van der Waals surface area contributed by atoms with Crippen LogP contribution in [0.1, 0.15) is 36.3 Å². The first-order chi connectivity index (χ1) is 11.8. The summed E-state index contributed by atoms with van der Waals surface area (Å²) in [4.78, 5) is 12.6. The highest BCUT2D eigenvalue weighted by molar-refractivity contribution is 5.85. The Morgan fingerprint density at radius 3 is 2.24 bits per heavy atom. The predicted octanol–water partition coefficient (Wildman–Crippen LogP) is 3.69. The van der Waals surface area contributed by atoms with Crippen LogP contribution in [0.4, 0.5) is 0 Å². The third kappa shape index (κ3) is 6.18. The van der Waals surface area contributed by atoms with Crippen LogP contribution in [-0.2, 0) is 11.2 Å². The molecule has 1 aliphatic heterocycles. The maximum absolute atomic E-state index is 12.6. The van der Waals surface area contributed by atoms with Crippen LogP contribution >= 0.6 is 12.4 Å². The zero-order valence-electron chi connectivity index (χ0n) is 14.5. The van der Waals surface area contributed by atoms with E-state index in [-0.39, 0.29) is 24.2 Å². The minimum Gasteiger partial charge on any atom is -0.353 e. The van der Waals surface area contributed by atoms with Crippen molar-refractivity contribution in [2.24, 2.45) is 0 Å². The number of benzene rings is 2. The number of carbonyl (C=O) groups excluding carboxylic acids is 1. The van der Waals surface area contributed by atoms with Crippen molar-refractivity contribution < 1.29 is 4.79 Å². The van der Waals surface area contributed by atoms with Gasteiger partial charge in [-0.1, -0.05) is 60.7 Å². The molecule has 1 fully saturated rings. The monoisotopic (exact) mass is 358 g/mol. The minimum absolute atomic E-state index is 0. The smallest absolute Gasteiger partial charge is 0.220 e. The number of rotatable bonds is 6. The second-order valence-corrected chi connectivity index (χ2v) is 6.59. The molecule has 1 atom stereocenters. The van der Waals surface area contributed by atoms with Crippen LogP contribution in [0.25, 0.3) is 0 Å². The van der Waals surface area contributed by atoms with E-state index in [2.05, 4.69) is 59.2 Å². The van der Waals surface area contributed by atoms with E-state index >= 15 is 0 Å². The lowest BCUT2D eigenvalue weighted by atomic mass is 9.89. The Labute approximate surface area is 156 Å². The second-order valence-electron chi connectivity index (χ2n) is 6.59. The number of amides is 1. The SMILES string of the molecule is Cl.O=C(CC(Cc1ccccc1)c1ccccc1)NC1CCNCC1. The van der Waals surface area contributed by atoms with Crippen molar-refractivity contribution in [1.29, 1.82) is 0 Å². The van der Waals surface area contributed by atoms with Crippen LogP contribution < -0.4 is 10.6 Å². The molecule has 134 valence electrons. The van der Waals surface area contributed by atoms with E-state index in [4.69, 9.17) is 0 Å². The van der Waals surface area contributed by atoms with Crippen molar-refractivity contribution >= 4 is 18.3 Å². The zero-order chi connectivity index (χ0) is 16.6. The van der Waals surface area contributed by atoms with E-state index in [9.17, 15) is 4.79 Å². The average Bonchev–Trinajstić information content (AvgIpc) is 2.63. The summed E-state index contributed by atoms with van der Waals surface area (Å²) in [6.07, 6.45) is 3.49. The number of halogens is 1. The molecular weight excluding hydrogens is 332 g/mol. The van der Waals surface area contributed by atoms with Gasteiger partial charge in [-0.2, -0.15) is 0 Å². The highest BCUT2D eigenvalue weighted by Crippen LogP contribution is 2.24. The maximum Gasteiger partial charge on any atom is 0.220 e. The molecule has 2 aromatic rings. The van der Waals surface area contributed by atoms with E-state index in [1.54, 1.807) is 0 Å². The molecule has 0 radical (unpaired) electrons. The van der Waals surface area contributed by atoms with E-state index < -0.39 is 0 Å². The number of carbonyl (C=O) groups is 1. The van der Waals surface area contributed by atoms with Crippen LogP contribution in [0.2, 0.25) is 0 Å². The number of piperidine rings is 1. The molecule has 0 bridgehead atoms. The van der Waals surface area contributed by atoms with Crippen molar-refractivity contribution in [2.45, 2.75) is 37.6 Å². The van der Waals surface area contributed by atoms with Gasteiger partial charge in [-0.3, -0.25) is 4.79 Å². The second kappa shape index (κ2) is 10.2. The molecule has 0 aromatic heterocycles. The largest absolute Gasteiger partial charge is 0.353 e. The van der Waals surface area contributed by atoms with Crippen molar-refractivity contribution in [1.82, 2.24) is 10.6 Å². The lowest BCUT2D eigenvalue weighted by molar-refractivity contribution is -0.122. The Morgan fingerprint density at radius 2 is 1.60 bits per heavy atom. The summed E-state index contributed by atoms with van der Waals surface area (Å²) < 4.78 is 0. The van der Waals surface area contributed by atoms with Gasteiger partial charge in [0.1, 0.15) is 0 Å². The lowest BCUT2D eigenvalue weighted by Crippen LogP contribution is -2.43. The van der Waals surface area contributed by atoms with Gasteiger partial charge >= 0.3 is 0 Å². The molecule has 0 saturated carbocycles. The van der Waals surface area contributed by atoms with Crippen molar-refractivity contribution in [3.8, 4) is 0 Å². The van der Waals surface area contributed by atoms with E-state index in [1.807, 2.05) is 12.1 Å². The molecule has 3 rings (SSSR count). The summed E-state index contributed by atoms with van der Waals surface area (Å²) >= 11 is 0. The van der Waals surface area contributed by atoms with Gasteiger partial charge in [0.2, 0.25) is 5.91 Å². The Balaban J connectivity index is 0.00000225. The molecule has 0 aliphatic carbocycles. The van der Waals surface area contributed by atoms with Gasteiger partial charge in [0.05, 0.1) is 0 Å². The Kier molecular flexibility index (Phi) is 7.96. The Hall–Kier alpha value is -1.84.